The lowest BCUT2D eigenvalue weighted by atomic mass is 9.93. The van der Waals surface area contributed by atoms with Crippen molar-refractivity contribution in [2.75, 3.05) is 0 Å². The molecule has 0 bridgehead atoms. The number of alkyl halides is 3. The predicted octanol–water partition coefficient (Wildman–Crippen LogP) is 4.20. The first-order valence-electron chi connectivity index (χ1n) is 8.68. The maximum Gasteiger partial charge on any atom is 0.416 e. The first kappa shape index (κ1) is 18.9. The number of rotatable bonds is 2. The fraction of sp³-hybridized carbons (Fsp3) is 0.0909. The number of hydrogen-bond donors (Lipinski definition) is 1. The van der Waals surface area contributed by atoms with E-state index in [9.17, 15) is 27.9 Å². The smallest absolute Gasteiger partial charge is 0.363 e. The van der Waals surface area contributed by atoms with Gasteiger partial charge in [-0.25, -0.2) is 4.90 Å². The highest BCUT2D eigenvalue weighted by atomic mass is 19.4. The van der Waals surface area contributed by atoms with Gasteiger partial charge < -0.3 is 5.11 Å². The zero-order valence-corrected chi connectivity index (χ0v) is 14.9. The Hall–Kier alpha value is -3.45. The Morgan fingerprint density at radius 1 is 0.862 bits per heavy atom. The molecule has 0 aromatic heterocycles. The van der Waals surface area contributed by atoms with Crippen molar-refractivity contribution in [2.45, 2.75) is 11.9 Å². The second-order valence-corrected chi connectivity index (χ2v) is 6.60. The van der Waals surface area contributed by atoms with Gasteiger partial charge in [0, 0.05) is 22.3 Å². The monoisotopic (exact) mass is 397 g/mol. The third-order valence-electron chi connectivity index (χ3n) is 4.90. The van der Waals surface area contributed by atoms with Crippen LogP contribution < -0.4 is 0 Å². The van der Waals surface area contributed by atoms with Gasteiger partial charge in [0.05, 0.1) is 5.56 Å². The molecular weight excluding hydrogens is 383 g/mol. The molecular formula is C22H14F3NO3. The molecule has 29 heavy (non-hydrogen) atoms. The van der Waals surface area contributed by atoms with E-state index in [0.717, 1.165) is 24.3 Å². The average molecular weight is 397 g/mol. The highest BCUT2D eigenvalue weighted by molar-refractivity contribution is 6.14. The molecule has 1 unspecified atom stereocenters. The van der Waals surface area contributed by atoms with Gasteiger partial charge in [0.25, 0.3) is 11.8 Å². The number of carbonyl (C=O) groups excluding carboxylic acids is 2. The zero-order chi connectivity index (χ0) is 20.8. The largest absolute Gasteiger partial charge is 0.416 e. The minimum atomic E-state index is -4.55. The molecule has 1 aliphatic rings. The normalized spacial score (nSPS) is 18.6. The van der Waals surface area contributed by atoms with Crippen molar-refractivity contribution >= 4 is 11.8 Å². The van der Waals surface area contributed by atoms with Gasteiger partial charge in [0.1, 0.15) is 0 Å². The van der Waals surface area contributed by atoms with Crippen LogP contribution in [0.2, 0.25) is 0 Å². The standard InChI is InChI=1S/C22H14F3NO3/c23-22(24,25)16-12-10-14(11-13-16)19(27)26-20(28)17-8-4-5-9-18(17)21(26,29)15-6-2-1-3-7-15/h1-13,29H. The van der Waals surface area contributed by atoms with Gasteiger partial charge in [-0.15, -0.1) is 0 Å². The molecule has 2 amide bonds. The van der Waals surface area contributed by atoms with Gasteiger partial charge in [0.2, 0.25) is 5.72 Å². The summed E-state index contributed by atoms with van der Waals surface area (Å²) in [6.07, 6.45) is -4.55. The average Bonchev–Trinajstić information content (AvgIpc) is 2.96. The Morgan fingerprint density at radius 3 is 2.07 bits per heavy atom. The Kier molecular flexibility index (Phi) is 4.28. The van der Waals surface area contributed by atoms with Crippen molar-refractivity contribution in [2.24, 2.45) is 0 Å². The van der Waals surface area contributed by atoms with E-state index in [4.69, 9.17) is 0 Å². The van der Waals surface area contributed by atoms with Gasteiger partial charge in [-0.3, -0.25) is 9.59 Å². The van der Waals surface area contributed by atoms with Crippen LogP contribution in [0.4, 0.5) is 13.2 Å². The quantitative estimate of drug-likeness (QED) is 0.660. The summed E-state index contributed by atoms with van der Waals surface area (Å²) in [7, 11) is 0. The van der Waals surface area contributed by atoms with E-state index in [1.165, 1.54) is 6.07 Å². The molecule has 0 saturated carbocycles. The molecule has 0 spiro atoms. The summed E-state index contributed by atoms with van der Waals surface area (Å²) in [4.78, 5) is 26.8. The fourth-order valence-corrected chi connectivity index (χ4v) is 3.49. The number of nitrogens with zero attached hydrogens (tertiary/aromatic N) is 1. The van der Waals surface area contributed by atoms with Gasteiger partial charge in [-0.05, 0) is 30.3 Å². The van der Waals surface area contributed by atoms with Gasteiger partial charge in [0.15, 0.2) is 0 Å². The molecule has 1 N–H and O–H groups in total. The summed E-state index contributed by atoms with van der Waals surface area (Å²) in [5, 5.41) is 11.6. The molecule has 3 aromatic rings. The van der Waals surface area contributed by atoms with E-state index in [1.807, 2.05) is 0 Å². The summed E-state index contributed by atoms with van der Waals surface area (Å²) >= 11 is 0. The van der Waals surface area contributed by atoms with Crippen molar-refractivity contribution < 1.29 is 27.9 Å². The number of amides is 2. The molecule has 1 aliphatic heterocycles. The van der Waals surface area contributed by atoms with Crippen LogP contribution >= 0.6 is 0 Å². The van der Waals surface area contributed by atoms with Crippen molar-refractivity contribution in [1.29, 1.82) is 0 Å². The van der Waals surface area contributed by atoms with Crippen LogP contribution in [0.15, 0.2) is 78.9 Å². The third kappa shape index (κ3) is 2.91. The summed E-state index contributed by atoms with van der Waals surface area (Å²) in [5.74, 6) is -1.62. The number of benzene rings is 3. The van der Waals surface area contributed by atoms with Crippen molar-refractivity contribution in [1.82, 2.24) is 4.90 Å². The second kappa shape index (κ2) is 6.56. The van der Waals surface area contributed by atoms with Crippen LogP contribution in [0.25, 0.3) is 0 Å². The predicted molar refractivity (Wildman–Crippen MR) is 97.8 cm³/mol. The topological polar surface area (TPSA) is 57.6 Å². The Morgan fingerprint density at radius 2 is 1.45 bits per heavy atom. The van der Waals surface area contributed by atoms with Crippen LogP contribution in [-0.4, -0.2) is 21.8 Å². The number of hydrogen-bond acceptors (Lipinski definition) is 3. The summed E-state index contributed by atoms with van der Waals surface area (Å²) in [6.45, 7) is 0. The highest BCUT2D eigenvalue weighted by Crippen LogP contribution is 2.43. The second-order valence-electron chi connectivity index (χ2n) is 6.60. The number of fused-ring (bicyclic) bond motifs is 1. The first-order chi connectivity index (χ1) is 13.7. The van der Waals surface area contributed by atoms with Crippen LogP contribution in [0.5, 0.6) is 0 Å². The molecule has 0 saturated heterocycles. The molecule has 0 radical (unpaired) electrons. The van der Waals surface area contributed by atoms with Crippen LogP contribution in [-0.2, 0) is 11.9 Å². The molecule has 1 heterocycles. The van der Waals surface area contributed by atoms with E-state index in [0.29, 0.717) is 10.5 Å². The van der Waals surface area contributed by atoms with Crippen molar-refractivity contribution in [3.63, 3.8) is 0 Å². The molecule has 0 fully saturated rings. The van der Waals surface area contributed by atoms with E-state index in [2.05, 4.69) is 0 Å². The lowest BCUT2D eigenvalue weighted by molar-refractivity contribution is -0.137. The van der Waals surface area contributed by atoms with Gasteiger partial charge in [-0.1, -0.05) is 48.5 Å². The molecule has 146 valence electrons. The number of carbonyl (C=O) groups is 2. The number of halogens is 3. The minimum Gasteiger partial charge on any atom is -0.363 e. The maximum absolute atomic E-state index is 13.1. The molecule has 4 rings (SSSR count). The molecule has 7 heteroatoms. The van der Waals surface area contributed by atoms with Crippen molar-refractivity contribution in [3.05, 3.63) is 107 Å². The van der Waals surface area contributed by atoms with Crippen molar-refractivity contribution in [3.8, 4) is 0 Å². The van der Waals surface area contributed by atoms with E-state index >= 15 is 0 Å². The molecule has 1 atom stereocenters. The lowest BCUT2D eigenvalue weighted by Gasteiger charge is -2.33. The fourth-order valence-electron chi connectivity index (χ4n) is 3.49. The molecule has 4 nitrogen and oxygen atoms in total. The lowest BCUT2D eigenvalue weighted by Crippen LogP contribution is -2.48. The Labute approximate surface area is 163 Å². The van der Waals surface area contributed by atoms with Gasteiger partial charge in [-0.2, -0.15) is 13.2 Å². The van der Waals surface area contributed by atoms with Crippen LogP contribution in [0, 0.1) is 0 Å². The third-order valence-corrected chi connectivity index (χ3v) is 4.90. The van der Waals surface area contributed by atoms with E-state index in [1.54, 1.807) is 48.5 Å². The number of imide groups is 1. The Balaban J connectivity index is 1.83. The maximum atomic E-state index is 13.1. The SMILES string of the molecule is O=C(c1ccc(C(F)(F)F)cc1)N1C(=O)c2ccccc2C1(O)c1ccccc1. The van der Waals surface area contributed by atoms with E-state index < -0.39 is 29.3 Å². The van der Waals surface area contributed by atoms with E-state index in [-0.39, 0.29) is 16.7 Å². The Bertz CT molecular complexity index is 1090. The summed E-state index contributed by atoms with van der Waals surface area (Å²) in [6, 6.07) is 18.0. The number of aliphatic hydroxyl groups is 1. The molecule has 0 aliphatic carbocycles. The molecule has 3 aromatic carbocycles. The summed E-state index contributed by atoms with van der Waals surface area (Å²) < 4.78 is 38.5. The first-order valence-corrected chi connectivity index (χ1v) is 8.68. The van der Waals surface area contributed by atoms with Crippen LogP contribution in [0.3, 0.4) is 0 Å². The van der Waals surface area contributed by atoms with Crippen LogP contribution in [0.1, 0.15) is 37.4 Å². The minimum absolute atomic E-state index is 0.145. The van der Waals surface area contributed by atoms with Gasteiger partial charge >= 0.3 is 6.18 Å². The summed E-state index contributed by atoms with van der Waals surface area (Å²) in [5.41, 5.74) is -2.46. The highest BCUT2D eigenvalue weighted by Gasteiger charge is 2.53. The zero-order valence-electron chi connectivity index (χ0n) is 14.9.